The summed E-state index contributed by atoms with van der Waals surface area (Å²) < 4.78 is 0. The maximum absolute atomic E-state index is 9.93. The Balaban J connectivity index is 4.67. The Morgan fingerprint density at radius 1 is 0.448 bits per heavy atom. The van der Waals surface area contributed by atoms with E-state index >= 15 is 0 Å². The molecule has 1 N–H and O–H groups in total. The van der Waals surface area contributed by atoms with Gasteiger partial charge in [0.25, 0.3) is 0 Å². The van der Waals surface area contributed by atoms with Crippen molar-refractivity contribution >= 4 is 17.2 Å². The first-order valence-electron chi connectivity index (χ1n) is 13.4. The predicted molar refractivity (Wildman–Crippen MR) is 139 cm³/mol. The molecule has 29 heavy (non-hydrogen) atoms. The molecule has 0 aliphatic heterocycles. The molecule has 3 heteroatoms. The van der Waals surface area contributed by atoms with Gasteiger partial charge in [-0.25, -0.2) is 0 Å². The van der Waals surface area contributed by atoms with Gasteiger partial charge in [0.15, 0.2) is 0 Å². The number of rotatable bonds is 23. The number of hydrogen-bond acceptors (Lipinski definition) is 1. The molecule has 0 atom stereocenters. The second-order valence-corrected chi connectivity index (χ2v) is 18.0. The molecule has 0 saturated carbocycles. The van der Waals surface area contributed by atoms with Gasteiger partial charge in [0.05, 0.1) is 0 Å². The van der Waals surface area contributed by atoms with Gasteiger partial charge in [0.1, 0.15) is 0 Å². The molecule has 0 saturated heterocycles. The van der Waals surface area contributed by atoms with Crippen molar-refractivity contribution < 1.29 is 5.11 Å². The van der Waals surface area contributed by atoms with Gasteiger partial charge in [-0.3, -0.25) is 0 Å². The van der Waals surface area contributed by atoms with Crippen molar-refractivity contribution in [2.24, 2.45) is 0 Å². The maximum atomic E-state index is 9.93. The Labute approximate surface area is 189 Å². The molecule has 0 amide bonds. The number of aliphatic hydroxyl groups is 1. The van der Waals surface area contributed by atoms with Crippen LogP contribution in [0.15, 0.2) is 0 Å². The quantitative estimate of drug-likeness (QED) is 0.121. The Morgan fingerprint density at radius 3 is 1.00 bits per heavy atom. The van der Waals surface area contributed by atoms with Crippen LogP contribution < -0.4 is 0 Å². The van der Waals surface area contributed by atoms with Crippen LogP contribution in [0.25, 0.3) is 0 Å². The molecule has 1 nitrogen and oxygen atoms in total. The van der Waals surface area contributed by atoms with Crippen molar-refractivity contribution in [3.8, 4) is 0 Å². The molecule has 0 bridgehead atoms. The van der Waals surface area contributed by atoms with Crippen molar-refractivity contribution in [1.82, 2.24) is 0 Å². The molecule has 0 heterocycles. The summed E-state index contributed by atoms with van der Waals surface area (Å²) in [6.07, 6.45) is 28.8. The van der Waals surface area contributed by atoms with E-state index in [2.05, 4.69) is 20.8 Å². The van der Waals surface area contributed by atoms with Crippen LogP contribution >= 0.6 is 17.2 Å². The monoisotopic (exact) mass is 450 g/mol. The number of unbranched alkanes of at least 4 members (excludes halogenated alkanes) is 15. The van der Waals surface area contributed by atoms with E-state index in [9.17, 15) is 5.11 Å². The Morgan fingerprint density at radius 2 is 0.724 bits per heavy atom. The molecule has 178 valence electrons. The summed E-state index contributed by atoms with van der Waals surface area (Å²) in [5.74, 6) is -2.27. The van der Waals surface area contributed by atoms with Crippen molar-refractivity contribution in [1.29, 1.82) is 0 Å². The van der Waals surface area contributed by atoms with E-state index < -0.39 is 5.96 Å². The summed E-state index contributed by atoms with van der Waals surface area (Å²) in [7, 11) is 0. The SMILES string of the molecule is CCCCCCCCP(Cl)(CCO)(CCCCCCCC)CCCCCCCC. The van der Waals surface area contributed by atoms with Crippen LogP contribution in [0.1, 0.15) is 136 Å². The zero-order chi connectivity index (χ0) is 21.7. The van der Waals surface area contributed by atoms with Gasteiger partial charge >= 0.3 is 190 Å². The summed E-state index contributed by atoms with van der Waals surface area (Å²) in [5.41, 5.74) is 0. The summed E-state index contributed by atoms with van der Waals surface area (Å²) in [4.78, 5) is 0. The minimum atomic E-state index is -2.27. The standard InChI is InChI=1S/C26H56ClOP/c1-4-7-10-13-16-19-23-29(27,26-22-28,24-20-17-14-11-8-5-2)25-21-18-15-12-9-6-3/h28H,4-26H2,1-3H3. The van der Waals surface area contributed by atoms with Crippen LogP contribution in [0.3, 0.4) is 0 Å². The third-order valence-electron chi connectivity index (χ3n) is 6.87. The van der Waals surface area contributed by atoms with Crippen molar-refractivity contribution in [3.63, 3.8) is 0 Å². The molecule has 0 radical (unpaired) electrons. The van der Waals surface area contributed by atoms with E-state index in [1.165, 1.54) is 134 Å². The summed E-state index contributed by atoms with van der Waals surface area (Å²) >= 11 is 7.69. The molecule has 0 aromatic heterocycles. The molecule has 0 fully saturated rings. The van der Waals surface area contributed by atoms with Gasteiger partial charge in [-0.2, -0.15) is 0 Å². The molecule has 0 aromatic carbocycles. The number of hydrogen-bond donors (Lipinski definition) is 1. The van der Waals surface area contributed by atoms with Crippen molar-refractivity contribution in [2.45, 2.75) is 136 Å². The second-order valence-electron chi connectivity index (χ2n) is 9.74. The van der Waals surface area contributed by atoms with Crippen LogP contribution in [0.2, 0.25) is 0 Å². The summed E-state index contributed by atoms with van der Waals surface area (Å²) in [6, 6.07) is 0. The molecule has 0 unspecified atom stereocenters. The van der Waals surface area contributed by atoms with Gasteiger partial charge in [-0.1, -0.05) is 0 Å². The Hall–Kier alpha value is 0.680. The van der Waals surface area contributed by atoms with E-state index in [1.54, 1.807) is 0 Å². The van der Waals surface area contributed by atoms with Gasteiger partial charge in [-0.05, 0) is 0 Å². The van der Waals surface area contributed by atoms with E-state index in [0.717, 1.165) is 6.16 Å². The van der Waals surface area contributed by atoms with Gasteiger partial charge in [0.2, 0.25) is 0 Å². The molecular weight excluding hydrogens is 395 g/mol. The van der Waals surface area contributed by atoms with Crippen LogP contribution in [0.4, 0.5) is 0 Å². The van der Waals surface area contributed by atoms with Crippen LogP contribution in [0.5, 0.6) is 0 Å². The topological polar surface area (TPSA) is 20.2 Å². The summed E-state index contributed by atoms with van der Waals surface area (Å²) in [6.45, 7) is 7.15. The van der Waals surface area contributed by atoms with Gasteiger partial charge in [-0.15, -0.1) is 0 Å². The zero-order valence-electron chi connectivity index (χ0n) is 20.5. The average molecular weight is 451 g/mol. The van der Waals surface area contributed by atoms with Crippen molar-refractivity contribution in [2.75, 3.05) is 31.3 Å². The van der Waals surface area contributed by atoms with E-state index in [4.69, 9.17) is 11.2 Å². The van der Waals surface area contributed by atoms with Crippen LogP contribution in [-0.4, -0.2) is 36.4 Å². The molecule has 0 spiro atoms. The van der Waals surface area contributed by atoms with E-state index in [-0.39, 0.29) is 0 Å². The fourth-order valence-corrected chi connectivity index (χ4v) is 11.0. The third-order valence-corrected chi connectivity index (χ3v) is 14.5. The number of aliphatic hydroxyl groups excluding tert-OH is 1. The molecular formula is C26H56ClOP. The molecule has 0 aliphatic carbocycles. The minimum absolute atomic E-state index is 0.294. The fraction of sp³-hybridized carbons (Fsp3) is 1.00. The molecule has 0 aliphatic rings. The first kappa shape index (κ1) is 29.7. The van der Waals surface area contributed by atoms with E-state index in [1.807, 2.05) is 0 Å². The normalized spacial score (nSPS) is 13.5. The Bertz CT molecular complexity index is 304. The molecule has 0 aromatic rings. The second kappa shape index (κ2) is 19.4. The number of halogens is 1. The first-order chi connectivity index (χ1) is 14.0. The Kier molecular flexibility index (Phi) is 19.8. The van der Waals surface area contributed by atoms with Crippen LogP contribution in [0, 0.1) is 0 Å². The van der Waals surface area contributed by atoms with E-state index in [0.29, 0.717) is 6.61 Å². The van der Waals surface area contributed by atoms with Gasteiger partial charge < -0.3 is 0 Å². The summed E-state index contributed by atoms with van der Waals surface area (Å²) in [5, 5.41) is 9.93. The molecule has 0 rings (SSSR count). The average Bonchev–Trinajstić information content (AvgIpc) is 2.71. The van der Waals surface area contributed by atoms with Crippen molar-refractivity contribution in [3.05, 3.63) is 0 Å². The zero-order valence-corrected chi connectivity index (χ0v) is 22.2. The predicted octanol–water partition coefficient (Wildman–Crippen LogP) is 9.77. The fourth-order valence-electron chi connectivity index (χ4n) is 4.78. The first-order valence-corrected chi connectivity index (χ1v) is 17.3. The third kappa shape index (κ3) is 16.0. The van der Waals surface area contributed by atoms with Crippen LogP contribution in [-0.2, 0) is 0 Å². The van der Waals surface area contributed by atoms with Gasteiger partial charge in [0, 0.05) is 0 Å².